The van der Waals surface area contributed by atoms with E-state index in [2.05, 4.69) is 10.6 Å². The van der Waals surface area contributed by atoms with Crippen molar-refractivity contribution < 1.29 is 18.0 Å². The summed E-state index contributed by atoms with van der Waals surface area (Å²) in [6, 6.07) is 4.30. The molecule has 112 valence electrons. The summed E-state index contributed by atoms with van der Waals surface area (Å²) >= 11 is 0. The molecule has 1 saturated carbocycles. The second-order valence-corrected chi connectivity index (χ2v) is 5.02. The lowest BCUT2D eigenvalue weighted by molar-refractivity contribution is -0.137. The van der Waals surface area contributed by atoms with Gasteiger partial charge in [0.2, 0.25) is 5.91 Å². The highest BCUT2D eigenvalue weighted by Gasteiger charge is 2.33. The van der Waals surface area contributed by atoms with Crippen molar-refractivity contribution in [2.24, 2.45) is 0 Å². The number of halogens is 3. The van der Waals surface area contributed by atoms with Gasteiger partial charge >= 0.3 is 6.18 Å². The number of nitriles is 1. The molecule has 0 aliphatic heterocycles. The third-order valence-electron chi connectivity index (χ3n) is 3.15. The summed E-state index contributed by atoms with van der Waals surface area (Å²) in [5.74, 6) is -0.212. The number of nitrogens with zero attached hydrogens (tertiary/aromatic N) is 1. The third-order valence-corrected chi connectivity index (χ3v) is 3.15. The lowest BCUT2D eigenvalue weighted by Crippen LogP contribution is -2.38. The van der Waals surface area contributed by atoms with E-state index in [-0.39, 0.29) is 11.9 Å². The molecule has 0 heterocycles. The van der Waals surface area contributed by atoms with E-state index in [1.807, 2.05) is 0 Å². The Morgan fingerprint density at radius 3 is 2.62 bits per heavy atom. The molecule has 1 atom stereocenters. The van der Waals surface area contributed by atoms with Gasteiger partial charge in [0.1, 0.15) is 6.04 Å². The van der Waals surface area contributed by atoms with Crippen LogP contribution in [0.4, 0.5) is 18.9 Å². The van der Waals surface area contributed by atoms with Crippen molar-refractivity contribution >= 4 is 11.6 Å². The van der Waals surface area contributed by atoms with Gasteiger partial charge in [-0.2, -0.15) is 18.4 Å². The largest absolute Gasteiger partial charge is 0.417 e. The van der Waals surface area contributed by atoms with E-state index in [1.165, 1.54) is 12.1 Å². The Labute approximate surface area is 119 Å². The van der Waals surface area contributed by atoms with Crippen LogP contribution in [-0.2, 0) is 11.0 Å². The quantitative estimate of drug-likeness (QED) is 0.898. The van der Waals surface area contributed by atoms with Crippen LogP contribution in [0, 0.1) is 11.3 Å². The minimum absolute atomic E-state index is 0.212. The second kappa shape index (κ2) is 5.64. The molecule has 0 radical (unpaired) electrons. The molecule has 0 saturated heterocycles. The van der Waals surface area contributed by atoms with Crippen LogP contribution in [0.5, 0.6) is 0 Å². The molecule has 0 aromatic heterocycles. The Morgan fingerprint density at radius 1 is 1.43 bits per heavy atom. The van der Waals surface area contributed by atoms with Gasteiger partial charge in [-0.25, -0.2) is 0 Å². The number of alkyl halides is 3. The van der Waals surface area contributed by atoms with E-state index >= 15 is 0 Å². The maximum Gasteiger partial charge on any atom is 0.417 e. The molecule has 1 fully saturated rings. The molecule has 1 aliphatic rings. The van der Waals surface area contributed by atoms with Crippen molar-refractivity contribution in [1.82, 2.24) is 5.32 Å². The van der Waals surface area contributed by atoms with Gasteiger partial charge in [0.05, 0.1) is 17.2 Å². The molecule has 7 heteroatoms. The van der Waals surface area contributed by atoms with Crippen molar-refractivity contribution in [1.29, 1.82) is 5.26 Å². The average Bonchev–Trinajstić information content (AvgIpc) is 3.21. The van der Waals surface area contributed by atoms with Gasteiger partial charge in [0.15, 0.2) is 0 Å². The number of rotatable bonds is 4. The van der Waals surface area contributed by atoms with E-state index in [9.17, 15) is 18.0 Å². The number of benzene rings is 1. The molecular weight excluding hydrogens is 283 g/mol. The molecule has 1 aromatic rings. The fourth-order valence-electron chi connectivity index (χ4n) is 1.84. The van der Waals surface area contributed by atoms with Gasteiger partial charge < -0.3 is 10.6 Å². The first-order valence-electron chi connectivity index (χ1n) is 6.49. The molecule has 1 aliphatic carbocycles. The van der Waals surface area contributed by atoms with Gasteiger partial charge in [-0.15, -0.1) is 0 Å². The average molecular weight is 297 g/mol. The van der Waals surface area contributed by atoms with Gasteiger partial charge in [0, 0.05) is 11.7 Å². The first-order valence-corrected chi connectivity index (χ1v) is 6.49. The summed E-state index contributed by atoms with van der Waals surface area (Å²) in [4.78, 5) is 11.8. The lowest BCUT2D eigenvalue weighted by atomic mass is 10.1. The van der Waals surface area contributed by atoms with E-state index in [4.69, 9.17) is 5.26 Å². The molecule has 21 heavy (non-hydrogen) atoms. The molecule has 2 N–H and O–H groups in total. The van der Waals surface area contributed by atoms with Crippen LogP contribution < -0.4 is 10.6 Å². The number of hydrogen-bond acceptors (Lipinski definition) is 3. The normalized spacial score (nSPS) is 16.0. The number of carbonyl (C=O) groups is 1. The Bertz CT molecular complexity index is 588. The highest BCUT2D eigenvalue weighted by molar-refractivity contribution is 5.84. The number of amides is 1. The number of hydrogen-bond donors (Lipinski definition) is 2. The number of nitrogens with one attached hydrogen (secondary N) is 2. The van der Waals surface area contributed by atoms with Crippen LogP contribution in [0.2, 0.25) is 0 Å². The van der Waals surface area contributed by atoms with E-state index in [0.29, 0.717) is 5.69 Å². The zero-order chi connectivity index (χ0) is 15.6. The molecule has 1 aromatic carbocycles. The highest BCUT2D eigenvalue weighted by Crippen LogP contribution is 2.33. The van der Waals surface area contributed by atoms with Crippen molar-refractivity contribution in [2.45, 2.75) is 38.0 Å². The van der Waals surface area contributed by atoms with Crippen molar-refractivity contribution in [3.05, 3.63) is 29.3 Å². The standard InChI is InChI=1S/C14H14F3N3O/c1-8(13(21)20-10-2-3-10)19-11-4-5-12(14(15,16)17)9(6-11)7-18/h4-6,8,10,19H,2-3H2,1H3,(H,20,21). The zero-order valence-corrected chi connectivity index (χ0v) is 11.3. The molecular formula is C14H14F3N3O. The van der Waals surface area contributed by atoms with E-state index < -0.39 is 23.3 Å². The van der Waals surface area contributed by atoms with Crippen LogP contribution in [0.1, 0.15) is 30.9 Å². The van der Waals surface area contributed by atoms with Crippen LogP contribution >= 0.6 is 0 Å². The summed E-state index contributed by atoms with van der Waals surface area (Å²) < 4.78 is 38.0. The number of carbonyl (C=O) groups excluding carboxylic acids is 1. The predicted octanol–water partition coefficient (Wildman–Crippen LogP) is 2.66. The molecule has 0 bridgehead atoms. The SMILES string of the molecule is CC(Nc1ccc(C(F)(F)F)c(C#N)c1)C(=O)NC1CC1. The van der Waals surface area contributed by atoms with Crippen LogP contribution in [0.25, 0.3) is 0 Å². The highest BCUT2D eigenvalue weighted by atomic mass is 19.4. The van der Waals surface area contributed by atoms with E-state index in [1.54, 1.807) is 6.92 Å². The van der Waals surface area contributed by atoms with Crippen LogP contribution in [-0.4, -0.2) is 18.0 Å². The summed E-state index contributed by atoms with van der Waals surface area (Å²) in [5.41, 5.74) is -1.15. The Balaban J connectivity index is 2.10. The second-order valence-electron chi connectivity index (χ2n) is 5.02. The van der Waals surface area contributed by atoms with Crippen molar-refractivity contribution in [3.63, 3.8) is 0 Å². The smallest absolute Gasteiger partial charge is 0.374 e. The van der Waals surface area contributed by atoms with Gasteiger partial charge in [-0.3, -0.25) is 4.79 Å². The fraction of sp³-hybridized carbons (Fsp3) is 0.429. The summed E-state index contributed by atoms with van der Waals surface area (Å²) in [6.07, 6.45) is -2.66. The molecule has 1 amide bonds. The molecule has 0 spiro atoms. The maximum absolute atomic E-state index is 12.7. The Hall–Kier alpha value is -2.23. The first kappa shape index (κ1) is 15.2. The van der Waals surface area contributed by atoms with Crippen LogP contribution in [0.15, 0.2) is 18.2 Å². The van der Waals surface area contributed by atoms with Crippen molar-refractivity contribution in [3.8, 4) is 6.07 Å². The topological polar surface area (TPSA) is 64.9 Å². The van der Waals surface area contributed by atoms with E-state index in [0.717, 1.165) is 25.0 Å². The van der Waals surface area contributed by atoms with Gasteiger partial charge in [0.25, 0.3) is 0 Å². The fourth-order valence-corrected chi connectivity index (χ4v) is 1.84. The molecule has 2 rings (SSSR count). The first-order chi connectivity index (χ1) is 9.81. The summed E-state index contributed by atoms with van der Waals surface area (Å²) in [7, 11) is 0. The predicted molar refractivity (Wildman–Crippen MR) is 70.4 cm³/mol. The Kier molecular flexibility index (Phi) is 4.07. The minimum atomic E-state index is -4.57. The molecule has 4 nitrogen and oxygen atoms in total. The zero-order valence-electron chi connectivity index (χ0n) is 11.3. The minimum Gasteiger partial charge on any atom is -0.374 e. The molecule has 1 unspecified atom stereocenters. The summed E-state index contributed by atoms with van der Waals surface area (Å²) in [6.45, 7) is 1.61. The third kappa shape index (κ3) is 3.88. The van der Waals surface area contributed by atoms with Crippen LogP contribution in [0.3, 0.4) is 0 Å². The maximum atomic E-state index is 12.7. The number of anilines is 1. The van der Waals surface area contributed by atoms with Gasteiger partial charge in [-0.1, -0.05) is 0 Å². The summed E-state index contributed by atoms with van der Waals surface area (Å²) in [5, 5.41) is 14.4. The van der Waals surface area contributed by atoms with Gasteiger partial charge in [-0.05, 0) is 38.0 Å². The van der Waals surface area contributed by atoms with Crippen molar-refractivity contribution in [2.75, 3.05) is 5.32 Å². The lowest BCUT2D eigenvalue weighted by Gasteiger charge is -2.16. The Morgan fingerprint density at radius 2 is 2.10 bits per heavy atom. The monoisotopic (exact) mass is 297 g/mol.